The van der Waals surface area contributed by atoms with Gasteiger partial charge in [0.15, 0.2) is 0 Å². The predicted octanol–water partition coefficient (Wildman–Crippen LogP) is 2.42. The lowest BCUT2D eigenvalue weighted by Gasteiger charge is -2.19. The van der Waals surface area contributed by atoms with Gasteiger partial charge in [0, 0.05) is 6.04 Å². The first-order valence-corrected chi connectivity index (χ1v) is 8.39. The zero-order valence-electron chi connectivity index (χ0n) is 10.7. The molecule has 4 nitrogen and oxygen atoms in total. The van der Waals surface area contributed by atoms with Crippen LogP contribution in [0.3, 0.4) is 0 Å². The highest BCUT2D eigenvalue weighted by atomic mass is 79.9. The van der Waals surface area contributed by atoms with E-state index in [1.807, 2.05) is 0 Å². The van der Waals surface area contributed by atoms with Gasteiger partial charge in [-0.2, -0.15) is 0 Å². The molecular formula is C12H17BrClFN2O2S. The van der Waals surface area contributed by atoms with Crippen molar-refractivity contribution in [1.82, 2.24) is 4.72 Å². The molecule has 0 radical (unpaired) electrons. The van der Waals surface area contributed by atoms with E-state index < -0.39 is 15.8 Å². The fourth-order valence-electron chi connectivity index (χ4n) is 2.39. The fraction of sp³-hybridized carbons (Fsp3) is 0.500. The van der Waals surface area contributed by atoms with E-state index in [1.165, 1.54) is 12.1 Å². The van der Waals surface area contributed by atoms with Gasteiger partial charge in [0.25, 0.3) is 0 Å². The number of rotatable bonds is 4. The second-order valence-corrected chi connectivity index (χ2v) is 7.30. The van der Waals surface area contributed by atoms with Crippen molar-refractivity contribution in [3.63, 3.8) is 0 Å². The molecule has 1 aromatic carbocycles. The third-order valence-electron chi connectivity index (χ3n) is 3.47. The molecule has 2 atom stereocenters. The van der Waals surface area contributed by atoms with Gasteiger partial charge in [0.2, 0.25) is 10.0 Å². The molecule has 2 unspecified atom stereocenters. The molecular weight excluding hydrogens is 371 g/mol. The van der Waals surface area contributed by atoms with E-state index in [0.29, 0.717) is 6.54 Å². The van der Waals surface area contributed by atoms with Gasteiger partial charge in [-0.1, -0.05) is 6.42 Å². The van der Waals surface area contributed by atoms with Crippen LogP contribution in [0.2, 0.25) is 0 Å². The standard InChI is InChI=1S/C12H16BrFN2O2S.ClH/c13-10-6-9(4-5-11(10)14)19(17,18)16-12-3-1-2-8(12)7-15;/h4-6,8,12,16H,1-3,7,15H2;1H. The third-order valence-corrected chi connectivity index (χ3v) is 5.57. The Morgan fingerprint density at radius 1 is 1.40 bits per heavy atom. The summed E-state index contributed by atoms with van der Waals surface area (Å²) < 4.78 is 40.4. The van der Waals surface area contributed by atoms with Crippen molar-refractivity contribution in [3.8, 4) is 0 Å². The number of nitrogens with one attached hydrogen (secondary N) is 1. The smallest absolute Gasteiger partial charge is 0.240 e. The minimum atomic E-state index is -3.63. The highest BCUT2D eigenvalue weighted by Crippen LogP contribution is 2.27. The summed E-state index contributed by atoms with van der Waals surface area (Å²) in [6.45, 7) is 0.473. The van der Waals surface area contributed by atoms with Crippen LogP contribution >= 0.6 is 28.3 Å². The number of benzene rings is 1. The molecule has 0 spiro atoms. The minimum absolute atomic E-state index is 0. The maximum atomic E-state index is 13.1. The van der Waals surface area contributed by atoms with Gasteiger partial charge in [0.05, 0.1) is 9.37 Å². The Morgan fingerprint density at radius 2 is 2.10 bits per heavy atom. The van der Waals surface area contributed by atoms with Gasteiger partial charge >= 0.3 is 0 Å². The molecule has 0 aliphatic heterocycles. The molecule has 8 heteroatoms. The normalized spacial score (nSPS) is 22.6. The average molecular weight is 388 g/mol. The highest BCUT2D eigenvalue weighted by Gasteiger charge is 2.30. The summed E-state index contributed by atoms with van der Waals surface area (Å²) in [5.41, 5.74) is 5.63. The Bertz CT molecular complexity index is 571. The van der Waals surface area contributed by atoms with Crippen molar-refractivity contribution < 1.29 is 12.8 Å². The monoisotopic (exact) mass is 386 g/mol. The molecule has 1 fully saturated rings. The number of sulfonamides is 1. The molecule has 3 N–H and O–H groups in total. The largest absolute Gasteiger partial charge is 0.330 e. The number of nitrogens with two attached hydrogens (primary N) is 1. The summed E-state index contributed by atoms with van der Waals surface area (Å²) in [7, 11) is -3.63. The topological polar surface area (TPSA) is 72.2 Å². The maximum Gasteiger partial charge on any atom is 0.240 e. The van der Waals surface area contributed by atoms with Crippen LogP contribution in [-0.2, 0) is 10.0 Å². The maximum absolute atomic E-state index is 13.1. The summed E-state index contributed by atoms with van der Waals surface area (Å²) in [4.78, 5) is 0.0587. The Kier molecular flexibility index (Phi) is 6.40. The van der Waals surface area contributed by atoms with Gasteiger partial charge in [-0.3, -0.25) is 0 Å². The first-order chi connectivity index (χ1) is 8.94. The molecule has 0 bridgehead atoms. The summed E-state index contributed by atoms with van der Waals surface area (Å²) in [6, 6.07) is 3.53. The van der Waals surface area contributed by atoms with E-state index in [9.17, 15) is 12.8 Å². The van der Waals surface area contributed by atoms with Crippen LogP contribution in [0.5, 0.6) is 0 Å². The summed E-state index contributed by atoms with van der Waals surface area (Å²) in [6.07, 6.45) is 2.71. The molecule has 1 aromatic rings. The van der Waals surface area contributed by atoms with Gasteiger partial charge in [-0.15, -0.1) is 12.4 Å². The second-order valence-electron chi connectivity index (χ2n) is 4.73. The molecule has 0 saturated heterocycles. The Hall–Kier alpha value is -0.210. The van der Waals surface area contributed by atoms with Gasteiger partial charge in [-0.05, 0) is 59.4 Å². The van der Waals surface area contributed by atoms with Crippen molar-refractivity contribution in [2.45, 2.75) is 30.2 Å². The number of hydrogen-bond donors (Lipinski definition) is 2. The van der Waals surface area contributed by atoms with Crippen LogP contribution in [0.1, 0.15) is 19.3 Å². The van der Waals surface area contributed by atoms with Crippen LogP contribution < -0.4 is 10.5 Å². The minimum Gasteiger partial charge on any atom is -0.330 e. The van der Waals surface area contributed by atoms with Gasteiger partial charge < -0.3 is 5.73 Å². The van der Waals surface area contributed by atoms with Crippen molar-refractivity contribution in [1.29, 1.82) is 0 Å². The van der Waals surface area contributed by atoms with E-state index in [4.69, 9.17) is 5.73 Å². The lowest BCUT2D eigenvalue weighted by molar-refractivity contribution is 0.453. The van der Waals surface area contributed by atoms with Crippen molar-refractivity contribution in [2.24, 2.45) is 11.7 Å². The molecule has 0 aromatic heterocycles. The zero-order valence-corrected chi connectivity index (χ0v) is 13.9. The molecule has 0 amide bonds. The number of halogens is 3. The van der Waals surface area contributed by atoms with E-state index in [0.717, 1.165) is 25.3 Å². The lowest BCUT2D eigenvalue weighted by atomic mass is 10.1. The first kappa shape index (κ1) is 17.8. The van der Waals surface area contributed by atoms with Crippen molar-refractivity contribution in [2.75, 3.05) is 6.54 Å². The Morgan fingerprint density at radius 3 is 2.70 bits per heavy atom. The third kappa shape index (κ3) is 3.92. The molecule has 1 saturated carbocycles. The fourth-order valence-corrected chi connectivity index (χ4v) is 4.28. The lowest BCUT2D eigenvalue weighted by Crippen LogP contribution is -2.39. The summed E-state index contributed by atoms with van der Waals surface area (Å²) >= 11 is 2.99. The van der Waals surface area contributed by atoms with Crippen LogP contribution in [0.15, 0.2) is 27.6 Å². The number of hydrogen-bond acceptors (Lipinski definition) is 3. The van der Waals surface area contributed by atoms with E-state index in [2.05, 4.69) is 20.7 Å². The molecule has 1 aliphatic carbocycles. The van der Waals surface area contributed by atoms with E-state index >= 15 is 0 Å². The van der Waals surface area contributed by atoms with Crippen LogP contribution in [-0.4, -0.2) is 21.0 Å². The molecule has 114 valence electrons. The van der Waals surface area contributed by atoms with Crippen molar-refractivity contribution in [3.05, 3.63) is 28.5 Å². The highest BCUT2D eigenvalue weighted by molar-refractivity contribution is 9.10. The Labute approximate surface area is 132 Å². The predicted molar refractivity (Wildman–Crippen MR) is 81.9 cm³/mol. The van der Waals surface area contributed by atoms with Crippen LogP contribution in [0, 0.1) is 11.7 Å². The van der Waals surface area contributed by atoms with Gasteiger partial charge in [0.1, 0.15) is 5.82 Å². The quantitative estimate of drug-likeness (QED) is 0.833. The SMILES string of the molecule is Cl.NCC1CCCC1NS(=O)(=O)c1ccc(F)c(Br)c1. The molecule has 0 heterocycles. The molecule has 2 rings (SSSR count). The zero-order chi connectivity index (χ0) is 14.0. The van der Waals surface area contributed by atoms with Crippen molar-refractivity contribution >= 4 is 38.4 Å². The molecule has 20 heavy (non-hydrogen) atoms. The van der Waals surface area contributed by atoms with Gasteiger partial charge in [-0.25, -0.2) is 17.5 Å². The first-order valence-electron chi connectivity index (χ1n) is 6.11. The van der Waals surface area contributed by atoms with E-state index in [1.54, 1.807) is 0 Å². The summed E-state index contributed by atoms with van der Waals surface area (Å²) in [5, 5.41) is 0. The summed E-state index contributed by atoms with van der Waals surface area (Å²) in [5.74, 6) is -0.307. The van der Waals surface area contributed by atoms with E-state index in [-0.39, 0.29) is 33.7 Å². The second kappa shape index (κ2) is 7.17. The average Bonchev–Trinajstić information content (AvgIpc) is 2.79. The van der Waals surface area contributed by atoms with Crippen LogP contribution in [0.4, 0.5) is 4.39 Å². The van der Waals surface area contributed by atoms with Crippen LogP contribution in [0.25, 0.3) is 0 Å². The molecule has 1 aliphatic rings. The Balaban J connectivity index is 0.00000200.